The highest BCUT2D eigenvalue weighted by molar-refractivity contribution is 5.39. The number of aryl methyl sites for hydroxylation is 1. The van der Waals surface area contributed by atoms with Gasteiger partial charge in [-0.15, -0.1) is 0 Å². The highest BCUT2D eigenvalue weighted by atomic mass is 19.1. The monoisotopic (exact) mass is 231 g/mol. The average molecular weight is 231 g/mol. The van der Waals surface area contributed by atoms with Crippen molar-refractivity contribution in [2.24, 2.45) is 5.73 Å². The predicted octanol–water partition coefficient (Wildman–Crippen LogP) is 3.39. The molecule has 0 aliphatic rings. The first-order valence-electron chi connectivity index (χ1n) is 5.42. The van der Waals surface area contributed by atoms with E-state index in [2.05, 4.69) is 0 Å². The van der Waals surface area contributed by atoms with Crippen LogP contribution in [0.4, 0.5) is 4.39 Å². The minimum absolute atomic E-state index is 0.228. The lowest BCUT2D eigenvalue weighted by atomic mass is 10.1. The molecular weight excluding hydrogens is 217 g/mol. The molecule has 0 unspecified atom stereocenters. The largest absolute Gasteiger partial charge is 0.454 e. The van der Waals surface area contributed by atoms with Gasteiger partial charge < -0.3 is 10.5 Å². The third-order valence-corrected chi connectivity index (χ3v) is 2.58. The van der Waals surface area contributed by atoms with Crippen LogP contribution in [0.15, 0.2) is 42.5 Å². The third kappa shape index (κ3) is 2.63. The predicted molar refractivity (Wildman–Crippen MR) is 65.5 cm³/mol. The van der Waals surface area contributed by atoms with Crippen molar-refractivity contribution in [3.8, 4) is 11.5 Å². The van der Waals surface area contributed by atoms with Gasteiger partial charge in [0.2, 0.25) is 0 Å². The molecule has 0 aliphatic heterocycles. The number of benzene rings is 2. The Morgan fingerprint density at radius 3 is 2.53 bits per heavy atom. The van der Waals surface area contributed by atoms with Crippen LogP contribution in [-0.4, -0.2) is 0 Å². The lowest BCUT2D eigenvalue weighted by molar-refractivity contribution is 0.441. The van der Waals surface area contributed by atoms with Gasteiger partial charge in [0.1, 0.15) is 5.75 Å². The Balaban J connectivity index is 2.31. The lowest BCUT2D eigenvalue weighted by Gasteiger charge is -2.10. The number of rotatable bonds is 3. The molecule has 0 saturated heterocycles. The van der Waals surface area contributed by atoms with Crippen LogP contribution in [0.5, 0.6) is 11.5 Å². The van der Waals surface area contributed by atoms with Crippen molar-refractivity contribution < 1.29 is 9.13 Å². The van der Waals surface area contributed by atoms with Crippen molar-refractivity contribution >= 4 is 0 Å². The minimum atomic E-state index is -0.389. The molecule has 0 radical (unpaired) electrons. The van der Waals surface area contributed by atoms with Gasteiger partial charge in [0.25, 0.3) is 0 Å². The van der Waals surface area contributed by atoms with Gasteiger partial charge >= 0.3 is 0 Å². The molecule has 2 nitrogen and oxygen atoms in total. The van der Waals surface area contributed by atoms with Crippen molar-refractivity contribution in [1.82, 2.24) is 0 Å². The second-order valence-electron chi connectivity index (χ2n) is 3.83. The van der Waals surface area contributed by atoms with E-state index in [-0.39, 0.29) is 11.6 Å². The van der Waals surface area contributed by atoms with Crippen LogP contribution in [-0.2, 0) is 6.54 Å². The van der Waals surface area contributed by atoms with Crippen LogP contribution in [0.2, 0.25) is 0 Å². The van der Waals surface area contributed by atoms with Crippen molar-refractivity contribution in [3.05, 3.63) is 59.4 Å². The summed E-state index contributed by atoms with van der Waals surface area (Å²) < 4.78 is 19.2. The number of nitrogens with two attached hydrogens (primary N) is 1. The average Bonchev–Trinajstić information content (AvgIpc) is 2.34. The molecule has 3 heteroatoms. The zero-order valence-electron chi connectivity index (χ0n) is 9.61. The molecule has 2 aromatic rings. The first-order chi connectivity index (χ1) is 8.20. The molecule has 0 bridgehead atoms. The van der Waals surface area contributed by atoms with Crippen LogP contribution < -0.4 is 10.5 Å². The second kappa shape index (κ2) is 4.97. The van der Waals surface area contributed by atoms with E-state index < -0.39 is 0 Å². The maximum atomic E-state index is 13.7. The smallest absolute Gasteiger partial charge is 0.166 e. The summed E-state index contributed by atoms with van der Waals surface area (Å²) in [6.45, 7) is 2.22. The molecule has 0 fully saturated rings. The van der Waals surface area contributed by atoms with Gasteiger partial charge in [-0.25, -0.2) is 4.39 Å². The summed E-state index contributed by atoms with van der Waals surface area (Å²) in [7, 11) is 0. The second-order valence-corrected chi connectivity index (χ2v) is 3.83. The van der Waals surface area contributed by atoms with Gasteiger partial charge in [0.05, 0.1) is 0 Å². The van der Waals surface area contributed by atoms with Crippen LogP contribution in [0.1, 0.15) is 11.1 Å². The molecule has 0 aliphatic carbocycles. The van der Waals surface area contributed by atoms with Crippen LogP contribution in [0, 0.1) is 12.7 Å². The van der Waals surface area contributed by atoms with Gasteiger partial charge in [-0.2, -0.15) is 0 Å². The summed E-state index contributed by atoms with van der Waals surface area (Å²) in [6.07, 6.45) is 0. The SMILES string of the molecule is Cc1cc(Oc2ccccc2)c(F)cc1CN. The Morgan fingerprint density at radius 1 is 1.18 bits per heavy atom. The number of hydrogen-bond donors (Lipinski definition) is 1. The van der Waals surface area contributed by atoms with E-state index in [4.69, 9.17) is 10.5 Å². The number of ether oxygens (including phenoxy) is 1. The number of para-hydroxylation sites is 1. The molecule has 0 spiro atoms. The van der Waals surface area contributed by atoms with Gasteiger partial charge in [0, 0.05) is 6.54 Å². The molecule has 0 saturated carbocycles. The Labute approximate surface area is 99.8 Å². The maximum absolute atomic E-state index is 13.7. The molecule has 0 atom stereocenters. The standard InChI is InChI=1S/C14H14FNO/c1-10-7-14(13(15)8-11(10)9-16)17-12-5-3-2-4-6-12/h2-8H,9,16H2,1H3. The van der Waals surface area contributed by atoms with E-state index in [1.165, 1.54) is 6.07 Å². The summed E-state index contributed by atoms with van der Waals surface area (Å²) in [5.41, 5.74) is 7.24. The fourth-order valence-electron chi connectivity index (χ4n) is 1.61. The zero-order chi connectivity index (χ0) is 12.3. The van der Waals surface area contributed by atoms with E-state index in [0.717, 1.165) is 11.1 Å². The Hall–Kier alpha value is -1.87. The fraction of sp³-hybridized carbons (Fsp3) is 0.143. The minimum Gasteiger partial charge on any atom is -0.454 e. The Morgan fingerprint density at radius 2 is 1.88 bits per heavy atom. The molecule has 2 aromatic carbocycles. The fourth-order valence-corrected chi connectivity index (χ4v) is 1.61. The first-order valence-corrected chi connectivity index (χ1v) is 5.42. The van der Waals surface area contributed by atoms with Gasteiger partial charge in [0.15, 0.2) is 11.6 Å². The molecule has 17 heavy (non-hydrogen) atoms. The molecule has 2 rings (SSSR count). The van der Waals surface area contributed by atoms with Gasteiger partial charge in [-0.05, 0) is 42.3 Å². The van der Waals surface area contributed by atoms with E-state index in [0.29, 0.717) is 12.3 Å². The molecule has 88 valence electrons. The summed E-state index contributed by atoms with van der Waals surface area (Å²) in [6, 6.07) is 12.2. The van der Waals surface area contributed by atoms with Gasteiger partial charge in [-0.3, -0.25) is 0 Å². The molecule has 0 aromatic heterocycles. The van der Waals surface area contributed by atoms with E-state index in [1.807, 2.05) is 25.1 Å². The highest BCUT2D eigenvalue weighted by Crippen LogP contribution is 2.26. The number of hydrogen-bond acceptors (Lipinski definition) is 2. The van der Waals surface area contributed by atoms with Crippen LogP contribution in [0.25, 0.3) is 0 Å². The number of halogens is 1. The van der Waals surface area contributed by atoms with Crippen molar-refractivity contribution in [2.75, 3.05) is 0 Å². The van der Waals surface area contributed by atoms with Crippen molar-refractivity contribution in [1.29, 1.82) is 0 Å². The zero-order valence-corrected chi connectivity index (χ0v) is 9.61. The van der Waals surface area contributed by atoms with Crippen molar-refractivity contribution in [2.45, 2.75) is 13.5 Å². The topological polar surface area (TPSA) is 35.2 Å². The summed E-state index contributed by atoms with van der Waals surface area (Å²) in [5, 5.41) is 0. The van der Waals surface area contributed by atoms with Crippen molar-refractivity contribution in [3.63, 3.8) is 0 Å². The first kappa shape index (κ1) is 11.6. The van der Waals surface area contributed by atoms with E-state index >= 15 is 0 Å². The normalized spacial score (nSPS) is 10.3. The Bertz CT molecular complexity index is 511. The highest BCUT2D eigenvalue weighted by Gasteiger charge is 2.08. The van der Waals surface area contributed by atoms with Gasteiger partial charge in [-0.1, -0.05) is 18.2 Å². The third-order valence-electron chi connectivity index (χ3n) is 2.58. The van der Waals surface area contributed by atoms with E-state index in [1.54, 1.807) is 18.2 Å². The quantitative estimate of drug-likeness (QED) is 0.878. The Kier molecular flexibility index (Phi) is 3.40. The summed E-state index contributed by atoms with van der Waals surface area (Å²) >= 11 is 0. The van der Waals surface area contributed by atoms with Crippen LogP contribution in [0.3, 0.4) is 0 Å². The summed E-state index contributed by atoms with van der Waals surface area (Å²) in [4.78, 5) is 0. The molecular formula is C14H14FNO. The summed E-state index contributed by atoms with van der Waals surface area (Å²) in [5.74, 6) is 0.456. The molecule has 2 N–H and O–H groups in total. The molecule has 0 amide bonds. The van der Waals surface area contributed by atoms with Crippen LogP contribution >= 0.6 is 0 Å². The lowest BCUT2D eigenvalue weighted by Crippen LogP contribution is -2.01. The maximum Gasteiger partial charge on any atom is 0.166 e. The van der Waals surface area contributed by atoms with E-state index in [9.17, 15) is 4.39 Å². The molecule has 0 heterocycles.